The summed E-state index contributed by atoms with van der Waals surface area (Å²) in [5.74, 6) is -0.231. The van der Waals surface area contributed by atoms with E-state index >= 15 is 0 Å². The van der Waals surface area contributed by atoms with Crippen LogP contribution in [0.4, 0.5) is 13.2 Å². The molecule has 29 heavy (non-hydrogen) atoms. The normalized spacial score (nSPS) is 12.3. The molecule has 0 aliphatic heterocycles. The van der Waals surface area contributed by atoms with E-state index in [0.29, 0.717) is 16.8 Å². The van der Waals surface area contributed by atoms with Crippen LogP contribution in [0.5, 0.6) is 11.5 Å². The number of aromatic nitrogens is 1. The highest BCUT2D eigenvalue weighted by Crippen LogP contribution is 2.39. The lowest BCUT2D eigenvalue weighted by Crippen LogP contribution is -2.07. The van der Waals surface area contributed by atoms with E-state index in [0.717, 1.165) is 12.1 Å². The number of nitrogens with zero attached hydrogens (tertiary/aromatic N) is 2. The summed E-state index contributed by atoms with van der Waals surface area (Å²) in [7, 11) is 0. The Morgan fingerprint density at radius 3 is 2.41 bits per heavy atom. The molecule has 3 rings (SSSR count). The molecule has 0 aliphatic rings. The summed E-state index contributed by atoms with van der Waals surface area (Å²) in [6.45, 7) is -0.428. The van der Waals surface area contributed by atoms with Crippen molar-refractivity contribution in [2.75, 3.05) is 6.61 Å². The minimum atomic E-state index is -4.67. The molecule has 1 atom stereocenters. The summed E-state index contributed by atoms with van der Waals surface area (Å²) in [6, 6.07) is 14.2. The average Bonchev–Trinajstić information content (AvgIpc) is 2.73. The zero-order chi connectivity index (χ0) is 21.0. The lowest BCUT2D eigenvalue weighted by Gasteiger charge is -2.14. The van der Waals surface area contributed by atoms with E-state index in [-0.39, 0.29) is 11.3 Å². The first-order valence-corrected chi connectivity index (χ1v) is 8.46. The summed E-state index contributed by atoms with van der Waals surface area (Å²) in [5, 5.41) is 27.6. The third kappa shape index (κ3) is 4.71. The number of alkyl halides is 3. The topological polar surface area (TPSA) is 86.4 Å². The Bertz CT molecular complexity index is 1040. The van der Waals surface area contributed by atoms with Crippen molar-refractivity contribution >= 4 is 0 Å². The van der Waals surface area contributed by atoms with Gasteiger partial charge < -0.3 is 14.9 Å². The fraction of sp³-hybridized carbons (Fsp3) is 0.143. The smallest absolute Gasteiger partial charge is 0.420 e. The Labute approximate surface area is 164 Å². The van der Waals surface area contributed by atoms with Gasteiger partial charge in [0.15, 0.2) is 0 Å². The van der Waals surface area contributed by atoms with Crippen LogP contribution in [-0.4, -0.2) is 21.8 Å². The molecule has 1 heterocycles. The largest absolute Gasteiger partial charge is 0.457 e. The number of rotatable bonds is 5. The highest BCUT2D eigenvalue weighted by molar-refractivity contribution is 5.61. The lowest BCUT2D eigenvalue weighted by atomic mass is 10.1. The van der Waals surface area contributed by atoms with Gasteiger partial charge in [-0.15, -0.1) is 0 Å². The molecular formula is C21H15F3N2O3. The van der Waals surface area contributed by atoms with Crippen molar-refractivity contribution in [2.24, 2.45) is 0 Å². The molecule has 0 unspecified atom stereocenters. The van der Waals surface area contributed by atoms with Gasteiger partial charge in [0.25, 0.3) is 0 Å². The zero-order valence-corrected chi connectivity index (χ0v) is 14.9. The molecule has 148 valence electrons. The number of benzene rings is 2. The Morgan fingerprint density at radius 1 is 1.07 bits per heavy atom. The number of ether oxygens (including phenoxy) is 1. The predicted octanol–water partition coefficient (Wildman–Crippen LogP) is 4.46. The van der Waals surface area contributed by atoms with E-state index in [1.165, 1.54) is 24.4 Å². The van der Waals surface area contributed by atoms with Gasteiger partial charge in [-0.2, -0.15) is 18.4 Å². The van der Waals surface area contributed by atoms with Crippen LogP contribution in [0.25, 0.3) is 11.3 Å². The van der Waals surface area contributed by atoms with E-state index in [9.17, 15) is 18.3 Å². The summed E-state index contributed by atoms with van der Waals surface area (Å²) < 4.78 is 45.1. The maximum absolute atomic E-state index is 13.2. The van der Waals surface area contributed by atoms with Gasteiger partial charge in [0.05, 0.1) is 29.5 Å². The molecule has 1 aromatic heterocycles. The summed E-state index contributed by atoms with van der Waals surface area (Å²) in [6.07, 6.45) is -4.21. The number of aliphatic hydroxyl groups excluding tert-OH is 2. The van der Waals surface area contributed by atoms with Gasteiger partial charge in [0.1, 0.15) is 17.6 Å². The zero-order valence-electron chi connectivity index (χ0n) is 14.9. The molecule has 0 saturated heterocycles. The van der Waals surface area contributed by atoms with Crippen molar-refractivity contribution in [2.45, 2.75) is 12.3 Å². The first-order valence-electron chi connectivity index (χ1n) is 8.46. The third-order valence-electron chi connectivity index (χ3n) is 4.13. The van der Waals surface area contributed by atoms with Crippen molar-refractivity contribution in [1.82, 2.24) is 4.98 Å². The summed E-state index contributed by atoms with van der Waals surface area (Å²) in [5.41, 5.74) is 0.519. The van der Waals surface area contributed by atoms with Gasteiger partial charge in [0, 0.05) is 11.8 Å². The van der Waals surface area contributed by atoms with E-state index < -0.39 is 30.2 Å². The second-order valence-corrected chi connectivity index (χ2v) is 6.12. The molecule has 0 radical (unpaired) electrons. The van der Waals surface area contributed by atoms with E-state index in [4.69, 9.17) is 15.1 Å². The monoisotopic (exact) mass is 400 g/mol. The molecule has 0 fully saturated rings. The van der Waals surface area contributed by atoms with E-state index in [2.05, 4.69) is 4.98 Å². The quantitative estimate of drug-likeness (QED) is 0.661. The summed E-state index contributed by atoms with van der Waals surface area (Å²) >= 11 is 0. The molecule has 5 nitrogen and oxygen atoms in total. The Kier molecular flexibility index (Phi) is 5.82. The summed E-state index contributed by atoms with van der Waals surface area (Å²) in [4.78, 5) is 4.19. The standard InChI is InChI=1S/C21H15F3N2O3/c22-21(23,24)17-9-13(11-25)1-6-20(17)29-16-4-2-14(3-5-16)18-10-15(7-8-26-18)19(28)12-27/h1-10,19,27-28H,12H2/t19-/m0/s1. The molecule has 0 saturated carbocycles. The molecule has 0 amide bonds. The fourth-order valence-electron chi connectivity index (χ4n) is 2.65. The average molecular weight is 400 g/mol. The Hall–Kier alpha value is -3.41. The van der Waals surface area contributed by atoms with Crippen molar-refractivity contribution in [3.05, 3.63) is 77.5 Å². The number of halogens is 3. The van der Waals surface area contributed by atoms with Crippen LogP contribution < -0.4 is 4.74 Å². The van der Waals surface area contributed by atoms with Gasteiger partial charge in [-0.1, -0.05) is 0 Å². The second-order valence-electron chi connectivity index (χ2n) is 6.12. The van der Waals surface area contributed by atoms with Crippen molar-refractivity contribution in [1.29, 1.82) is 5.26 Å². The molecule has 8 heteroatoms. The molecule has 2 N–H and O–H groups in total. The minimum absolute atomic E-state index is 0.115. The first-order chi connectivity index (χ1) is 13.8. The van der Waals surface area contributed by atoms with Crippen molar-refractivity contribution < 1.29 is 28.1 Å². The fourth-order valence-corrected chi connectivity index (χ4v) is 2.65. The molecule has 2 aromatic carbocycles. The van der Waals surface area contributed by atoms with Crippen LogP contribution in [0.2, 0.25) is 0 Å². The van der Waals surface area contributed by atoms with Crippen molar-refractivity contribution in [3.63, 3.8) is 0 Å². The molecule has 0 bridgehead atoms. The number of aliphatic hydroxyl groups is 2. The molecule has 0 spiro atoms. The number of hydrogen-bond donors (Lipinski definition) is 2. The van der Waals surface area contributed by atoms with Crippen LogP contribution in [0, 0.1) is 11.3 Å². The van der Waals surface area contributed by atoms with Crippen LogP contribution in [0.3, 0.4) is 0 Å². The van der Waals surface area contributed by atoms with Gasteiger partial charge in [-0.3, -0.25) is 4.98 Å². The number of pyridine rings is 1. The van der Waals surface area contributed by atoms with Crippen LogP contribution in [0.15, 0.2) is 60.8 Å². The van der Waals surface area contributed by atoms with Crippen LogP contribution in [-0.2, 0) is 6.18 Å². The maximum atomic E-state index is 13.2. The number of hydrogen-bond acceptors (Lipinski definition) is 5. The SMILES string of the molecule is N#Cc1ccc(Oc2ccc(-c3cc([C@@H](O)CO)ccn3)cc2)c(C(F)(F)F)c1. The van der Waals surface area contributed by atoms with Gasteiger partial charge in [-0.05, 0) is 60.2 Å². The highest BCUT2D eigenvalue weighted by atomic mass is 19.4. The first kappa shape index (κ1) is 20.3. The minimum Gasteiger partial charge on any atom is -0.457 e. The predicted molar refractivity (Wildman–Crippen MR) is 98.0 cm³/mol. The highest BCUT2D eigenvalue weighted by Gasteiger charge is 2.35. The number of nitriles is 1. The molecular weight excluding hydrogens is 385 g/mol. The van der Waals surface area contributed by atoms with Crippen molar-refractivity contribution in [3.8, 4) is 28.8 Å². The molecule has 3 aromatic rings. The van der Waals surface area contributed by atoms with Gasteiger partial charge in [-0.25, -0.2) is 0 Å². The van der Waals surface area contributed by atoms with Crippen LogP contribution in [0.1, 0.15) is 22.8 Å². The van der Waals surface area contributed by atoms with Gasteiger partial charge >= 0.3 is 6.18 Å². The van der Waals surface area contributed by atoms with Gasteiger partial charge in [0.2, 0.25) is 0 Å². The Balaban J connectivity index is 1.86. The Morgan fingerprint density at radius 2 is 1.79 bits per heavy atom. The third-order valence-corrected chi connectivity index (χ3v) is 4.13. The second kappa shape index (κ2) is 8.31. The van der Waals surface area contributed by atoms with E-state index in [1.807, 2.05) is 0 Å². The lowest BCUT2D eigenvalue weighted by molar-refractivity contribution is -0.138. The van der Waals surface area contributed by atoms with Crippen LogP contribution >= 0.6 is 0 Å². The van der Waals surface area contributed by atoms with E-state index in [1.54, 1.807) is 30.3 Å². The maximum Gasteiger partial charge on any atom is 0.420 e. The molecule has 0 aliphatic carbocycles.